The van der Waals surface area contributed by atoms with Crippen molar-refractivity contribution in [1.82, 2.24) is 30.2 Å². The minimum Gasteiger partial charge on any atom is -0.357 e. The first-order valence-corrected chi connectivity index (χ1v) is 10.9. The minimum atomic E-state index is 0. The molecule has 0 aliphatic carbocycles. The molecule has 0 saturated carbocycles. The normalized spacial score (nSPS) is 17.5. The molecule has 7 nitrogen and oxygen atoms in total. The third kappa shape index (κ3) is 8.80. The topological polar surface area (TPSA) is 60.7 Å². The molecule has 2 N–H and O–H groups in total. The third-order valence-electron chi connectivity index (χ3n) is 5.61. The molecule has 1 fully saturated rings. The van der Waals surface area contributed by atoms with E-state index in [1.54, 1.807) is 0 Å². The molecule has 1 aromatic heterocycles. The number of hydrogen-bond donors (Lipinski definition) is 2. The second-order valence-electron chi connectivity index (χ2n) is 8.14. The Hall–Kier alpha value is -0.870. The average Bonchev–Trinajstić information content (AvgIpc) is 2.80. The molecule has 0 bridgehead atoms. The fraction of sp³-hybridized carbons (Fsp3) is 0.810. The molecule has 2 heterocycles. The van der Waals surface area contributed by atoms with Crippen LogP contribution in [0.4, 0.5) is 0 Å². The number of nitrogens with zero attached hydrogens (tertiary/aromatic N) is 5. The molecule has 1 aliphatic rings. The summed E-state index contributed by atoms with van der Waals surface area (Å²) < 4.78 is 1.97. The van der Waals surface area contributed by atoms with E-state index in [0.717, 1.165) is 44.1 Å². The maximum Gasteiger partial charge on any atom is 0.191 e. The zero-order chi connectivity index (χ0) is 20.5. The highest BCUT2D eigenvalue weighted by atomic mass is 127. The maximum atomic E-state index is 4.80. The standard InChI is InChI=1S/C21H41N7.HI/c1-7-22-21(23-10-8-12-28-13-9-11-26(5)14-15-28)24-17(2)16-20-18(3)25-27(6)19(20)4;/h17H,7-16H2,1-6H3,(H2,22,23,24);1H. The van der Waals surface area contributed by atoms with Gasteiger partial charge in [-0.05, 0) is 79.2 Å². The Morgan fingerprint density at radius 3 is 2.59 bits per heavy atom. The van der Waals surface area contributed by atoms with Crippen LogP contribution < -0.4 is 10.6 Å². The quantitative estimate of drug-likeness (QED) is 0.239. The molecule has 1 unspecified atom stereocenters. The van der Waals surface area contributed by atoms with Crippen LogP contribution in [-0.4, -0.2) is 84.4 Å². The van der Waals surface area contributed by atoms with Crippen LogP contribution in [0.5, 0.6) is 0 Å². The van der Waals surface area contributed by atoms with Crippen LogP contribution in [0.25, 0.3) is 0 Å². The van der Waals surface area contributed by atoms with E-state index in [1.165, 1.54) is 43.9 Å². The van der Waals surface area contributed by atoms with Crippen molar-refractivity contribution >= 4 is 29.9 Å². The molecule has 29 heavy (non-hydrogen) atoms. The van der Waals surface area contributed by atoms with E-state index >= 15 is 0 Å². The van der Waals surface area contributed by atoms with Gasteiger partial charge < -0.3 is 20.4 Å². The summed E-state index contributed by atoms with van der Waals surface area (Å²) in [5.74, 6) is 0.921. The Morgan fingerprint density at radius 1 is 1.17 bits per heavy atom. The van der Waals surface area contributed by atoms with Crippen molar-refractivity contribution in [2.75, 3.05) is 52.9 Å². The van der Waals surface area contributed by atoms with Crippen LogP contribution >= 0.6 is 24.0 Å². The van der Waals surface area contributed by atoms with Crippen molar-refractivity contribution in [1.29, 1.82) is 0 Å². The van der Waals surface area contributed by atoms with Crippen molar-refractivity contribution in [3.05, 3.63) is 17.0 Å². The molecule has 8 heteroatoms. The maximum absolute atomic E-state index is 4.80. The first-order valence-electron chi connectivity index (χ1n) is 10.9. The Labute approximate surface area is 194 Å². The largest absolute Gasteiger partial charge is 0.357 e. The summed E-state index contributed by atoms with van der Waals surface area (Å²) in [4.78, 5) is 9.81. The number of guanidine groups is 1. The highest BCUT2D eigenvalue weighted by molar-refractivity contribution is 14.0. The number of aryl methyl sites for hydroxylation is 2. The lowest BCUT2D eigenvalue weighted by atomic mass is 10.1. The number of aliphatic imine (C=N–C) groups is 1. The molecule has 0 radical (unpaired) electrons. The summed E-state index contributed by atoms with van der Waals surface area (Å²) >= 11 is 0. The van der Waals surface area contributed by atoms with Crippen molar-refractivity contribution < 1.29 is 0 Å². The molecule has 0 aromatic carbocycles. The van der Waals surface area contributed by atoms with Gasteiger partial charge in [-0.25, -0.2) is 0 Å². The van der Waals surface area contributed by atoms with Gasteiger partial charge in [0.05, 0.1) is 5.69 Å². The van der Waals surface area contributed by atoms with Gasteiger partial charge in [-0.1, -0.05) is 0 Å². The van der Waals surface area contributed by atoms with Gasteiger partial charge in [-0.2, -0.15) is 5.10 Å². The molecule has 1 saturated heterocycles. The van der Waals surface area contributed by atoms with Gasteiger partial charge in [0.15, 0.2) is 5.96 Å². The van der Waals surface area contributed by atoms with Gasteiger partial charge in [0.1, 0.15) is 0 Å². The van der Waals surface area contributed by atoms with Gasteiger partial charge in [0.25, 0.3) is 0 Å². The fourth-order valence-electron chi connectivity index (χ4n) is 3.83. The number of aromatic nitrogens is 2. The molecule has 1 aromatic rings. The monoisotopic (exact) mass is 519 g/mol. The van der Waals surface area contributed by atoms with Crippen molar-refractivity contribution in [3.63, 3.8) is 0 Å². The predicted molar refractivity (Wildman–Crippen MR) is 134 cm³/mol. The van der Waals surface area contributed by atoms with Crippen LogP contribution in [0.2, 0.25) is 0 Å². The lowest BCUT2D eigenvalue weighted by molar-refractivity contribution is 0.275. The summed E-state index contributed by atoms with van der Waals surface area (Å²) in [7, 11) is 4.23. The van der Waals surface area contributed by atoms with Gasteiger partial charge in [0, 0.05) is 45.0 Å². The average molecular weight is 520 g/mol. The molecule has 1 atom stereocenters. The summed E-state index contributed by atoms with van der Waals surface area (Å²) in [6.07, 6.45) is 3.33. The lowest BCUT2D eigenvalue weighted by Gasteiger charge is -2.20. The van der Waals surface area contributed by atoms with Crippen LogP contribution in [0.3, 0.4) is 0 Å². The van der Waals surface area contributed by atoms with E-state index in [2.05, 4.69) is 60.3 Å². The molecule has 1 aliphatic heterocycles. The van der Waals surface area contributed by atoms with E-state index in [9.17, 15) is 0 Å². The molecular formula is C21H42IN7. The molecular weight excluding hydrogens is 477 g/mol. The van der Waals surface area contributed by atoms with Gasteiger partial charge in [-0.15, -0.1) is 24.0 Å². The van der Waals surface area contributed by atoms with Gasteiger partial charge in [-0.3, -0.25) is 9.67 Å². The van der Waals surface area contributed by atoms with Crippen molar-refractivity contribution in [3.8, 4) is 0 Å². The number of halogens is 1. The zero-order valence-electron chi connectivity index (χ0n) is 19.3. The van der Waals surface area contributed by atoms with E-state index < -0.39 is 0 Å². The predicted octanol–water partition coefficient (Wildman–Crippen LogP) is 2.17. The second-order valence-corrected chi connectivity index (χ2v) is 8.14. The van der Waals surface area contributed by atoms with Gasteiger partial charge in [0.2, 0.25) is 0 Å². The van der Waals surface area contributed by atoms with Crippen LogP contribution in [0, 0.1) is 13.8 Å². The van der Waals surface area contributed by atoms with E-state index in [4.69, 9.17) is 4.99 Å². The Balaban J connectivity index is 0.00000420. The number of hydrogen-bond acceptors (Lipinski definition) is 4. The molecule has 0 amide bonds. The third-order valence-corrected chi connectivity index (χ3v) is 5.61. The van der Waals surface area contributed by atoms with Crippen LogP contribution in [0.1, 0.15) is 43.6 Å². The first kappa shape index (κ1) is 26.2. The first-order chi connectivity index (χ1) is 13.4. The number of rotatable bonds is 8. The SMILES string of the molecule is CCNC(=NCCCN1CCCN(C)CC1)NC(C)Cc1c(C)nn(C)c1C.I. The second kappa shape index (κ2) is 13.4. The summed E-state index contributed by atoms with van der Waals surface area (Å²) in [5, 5.41) is 11.5. The highest BCUT2D eigenvalue weighted by Crippen LogP contribution is 2.14. The minimum absolute atomic E-state index is 0. The Bertz CT molecular complexity index is 629. The zero-order valence-corrected chi connectivity index (χ0v) is 21.6. The highest BCUT2D eigenvalue weighted by Gasteiger charge is 2.14. The molecule has 0 spiro atoms. The summed E-state index contributed by atoms with van der Waals surface area (Å²) in [5.41, 5.74) is 3.71. The van der Waals surface area contributed by atoms with Crippen LogP contribution in [-0.2, 0) is 13.5 Å². The smallest absolute Gasteiger partial charge is 0.191 e. The lowest BCUT2D eigenvalue weighted by Crippen LogP contribution is -2.43. The van der Waals surface area contributed by atoms with Crippen LogP contribution in [0.15, 0.2) is 4.99 Å². The summed E-state index contributed by atoms with van der Waals surface area (Å²) in [6, 6.07) is 0.306. The Kier molecular flexibility index (Phi) is 12.1. The van der Waals surface area contributed by atoms with E-state index in [1.807, 2.05) is 11.7 Å². The fourth-order valence-corrected chi connectivity index (χ4v) is 3.83. The molecule has 2 rings (SSSR count). The summed E-state index contributed by atoms with van der Waals surface area (Å²) in [6.45, 7) is 16.2. The van der Waals surface area contributed by atoms with E-state index in [0.29, 0.717) is 6.04 Å². The van der Waals surface area contributed by atoms with E-state index in [-0.39, 0.29) is 24.0 Å². The van der Waals surface area contributed by atoms with Gasteiger partial charge >= 0.3 is 0 Å². The molecule has 168 valence electrons. The van der Waals surface area contributed by atoms with Crippen molar-refractivity contribution in [2.24, 2.45) is 12.0 Å². The number of nitrogens with one attached hydrogen (secondary N) is 2. The number of likely N-dealkylation sites (N-methyl/N-ethyl adjacent to an activating group) is 1. The van der Waals surface area contributed by atoms with Crippen molar-refractivity contribution in [2.45, 2.75) is 53.0 Å². The Morgan fingerprint density at radius 2 is 1.93 bits per heavy atom.